The summed E-state index contributed by atoms with van der Waals surface area (Å²) in [6.45, 7) is 3.58. The van der Waals surface area contributed by atoms with Crippen molar-refractivity contribution in [2.45, 2.75) is 32.2 Å². The molecule has 0 saturated carbocycles. The fraction of sp³-hybridized carbons (Fsp3) is 0.207. The molecule has 0 fully saturated rings. The van der Waals surface area contributed by atoms with Crippen LogP contribution in [0.4, 0.5) is 5.69 Å². The summed E-state index contributed by atoms with van der Waals surface area (Å²) in [7, 11) is 0. The van der Waals surface area contributed by atoms with Crippen LogP contribution in [0, 0.1) is 0 Å². The number of nitrogens with one attached hydrogen (secondary N) is 1. The summed E-state index contributed by atoms with van der Waals surface area (Å²) in [4.78, 5) is 12.5. The Morgan fingerprint density at radius 3 is 2.18 bits per heavy atom. The smallest absolute Gasteiger partial charge is 0.343 e. The van der Waals surface area contributed by atoms with Gasteiger partial charge in [-0.1, -0.05) is 61.9 Å². The molecule has 0 saturated heterocycles. The van der Waals surface area contributed by atoms with Gasteiger partial charge in [0.1, 0.15) is 11.5 Å². The molecule has 4 rings (SSSR count). The molecule has 0 amide bonds. The van der Waals surface area contributed by atoms with Gasteiger partial charge in [-0.3, -0.25) is 0 Å². The molecule has 3 aromatic carbocycles. The molecule has 1 N–H and O–H groups in total. The molecule has 0 unspecified atom stereocenters. The number of benzene rings is 3. The molecule has 3 aromatic rings. The van der Waals surface area contributed by atoms with Gasteiger partial charge in [-0.25, -0.2) is 4.79 Å². The van der Waals surface area contributed by atoms with Gasteiger partial charge in [0, 0.05) is 18.2 Å². The highest BCUT2D eigenvalue weighted by atomic mass is 16.5. The Labute approximate surface area is 195 Å². The molecule has 4 heteroatoms. The Kier molecular flexibility index (Phi) is 7.60. The van der Waals surface area contributed by atoms with Crippen molar-refractivity contribution < 1.29 is 14.3 Å². The molecule has 0 radical (unpaired) electrons. The molecule has 168 valence electrons. The van der Waals surface area contributed by atoms with E-state index in [1.165, 1.54) is 0 Å². The third-order valence-corrected chi connectivity index (χ3v) is 5.53. The molecular formula is C29H29NO3. The lowest BCUT2D eigenvalue weighted by atomic mass is 10.00. The van der Waals surface area contributed by atoms with Crippen LogP contribution >= 0.6 is 0 Å². The molecule has 0 spiro atoms. The first-order valence-electron chi connectivity index (χ1n) is 11.4. The lowest BCUT2D eigenvalue weighted by Crippen LogP contribution is -2.08. The Morgan fingerprint density at radius 1 is 0.848 bits per heavy atom. The van der Waals surface area contributed by atoms with Crippen LogP contribution in [-0.2, 0) is 6.54 Å². The predicted molar refractivity (Wildman–Crippen MR) is 133 cm³/mol. The summed E-state index contributed by atoms with van der Waals surface area (Å²) in [5.74, 6) is 1.35. The summed E-state index contributed by atoms with van der Waals surface area (Å²) in [6.07, 6.45) is 10.5. The molecule has 0 heterocycles. The monoisotopic (exact) mass is 439 g/mol. The maximum Gasteiger partial charge on any atom is 0.343 e. The molecule has 1 aliphatic rings. The van der Waals surface area contributed by atoms with Crippen LogP contribution in [0.5, 0.6) is 11.5 Å². The minimum Gasteiger partial charge on any atom is -0.494 e. The second-order valence-electron chi connectivity index (χ2n) is 8.03. The predicted octanol–water partition coefficient (Wildman–Crippen LogP) is 6.91. The maximum atomic E-state index is 12.5. The van der Waals surface area contributed by atoms with Gasteiger partial charge in [-0.2, -0.15) is 0 Å². The van der Waals surface area contributed by atoms with Crippen LogP contribution in [-0.4, -0.2) is 12.6 Å². The third-order valence-electron chi connectivity index (χ3n) is 5.53. The van der Waals surface area contributed by atoms with Gasteiger partial charge in [0.05, 0.1) is 12.2 Å². The summed E-state index contributed by atoms with van der Waals surface area (Å²) in [5, 5.41) is 3.40. The largest absolute Gasteiger partial charge is 0.494 e. The first-order chi connectivity index (χ1) is 16.2. The van der Waals surface area contributed by atoms with Crippen molar-refractivity contribution in [2.24, 2.45) is 0 Å². The fourth-order valence-corrected chi connectivity index (χ4v) is 3.54. The van der Waals surface area contributed by atoms with Crippen LogP contribution in [0.2, 0.25) is 0 Å². The number of rotatable bonds is 10. The normalized spacial score (nSPS) is 12.6. The van der Waals surface area contributed by atoms with Crippen LogP contribution < -0.4 is 14.8 Å². The van der Waals surface area contributed by atoms with E-state index in [0.29, 0.717) is 17.9 Å². The highest BCUT2D eigenvalue weighted by Crippen LogP contribution is 2.24. The maximum absolute atomic E-state index is 12.5. The highest BCUT2D eigenvalue weighted by Gasteiger charge is 2.11. The molecule has 0 aliphatic heterocycles. The van der Waals surface area contributed by atoms with Gasteiger partial charge in [0.15, 0.2) is 0 Å². The second-order valence-corrected chi connectivity index (χ2v) is 8.03. The summed E-state index contributed by atoms with van der Waals surface area (Å²) in [5.41, 5.74) is 3.82. The first kappa shape index (κ1) is 22.4. The summed E-state index contributed by atoms with van der Waals surface area (Å²) < 4.78 is 11.2. The van der Waals surface area contributed by atoms with Crippen molar-refractivity contribution in [1.82, 2.24) is 0 Å². The highest BCUT2D eigenvalue weighted by molar-refractivity contribution is 5.91. The van der Waals surface area contributed by atoms with E-state index in [0.717, 1.165) is 42.0 Å². The number of hydrogen-bond acceptors (Lipinski definition) is 4. The number of carbonyl (C=O) groups excluding carboxylic acids is 1. The van der Waals surface area contributed by atoms with E-state index in [1.807, 2.05) is 84.9 Å². The van der Waals surface area contributed by atoms with Crippen LogP contribution in [0.25, 0.3) is 0 Å². The lowest BCUT2D eigenvalue weighted by Gasteiger charge is -2.10. The lowest BCUT2D eigenvalue weighted by molar-refractivity contribution is 0.0734. The number of allylic oxidation sites excluding steroid dienone is 4. The van der Waals surface area contributed by atoms with Gasteiger partial charge in [0.25, 0.3) is 0 Å². The first-order valence-corrected chi connectivity index (χ1v) is 11.4. The van der Waals surface area contributed by atoms with Crippen LogP contribution in [0.1, 0.15) is 47.2 Å². The average Bonchev–Trinajstić information content (AvgIpc) is 3.40. The Bertz CT molecular complexity index is 1090. The number of esters is 1. The molecule has 0 aromatic heterocycles. The zero-order valence-corrected chi connectivity index (χ0v) is 18.9. The molecule has 0 atom stereocenters. The quantitative estimate of drug-likeness (QED) is 0.212. The Morgan fingerprint density at radius 2 is 1.52 bits per heavy atom. The third kappa shape index (κ3) is 6.36. The zero-order chi connectivity index (χ0) is 22.9. The number of hydrogen-bond donors (Lipinski definition) is 1. The zero-order valence-electron chi connectivity index (χ0n) is 18.9. The van der Waals surface area contributed by atoms with E-state index >= 15 is 0 Å². The number of carbonyl (C=O) groups is 1. The Balaban J connectivity index is 1.26. The van der Waals surface area contributed by atoms with E-state index in [2.05, 4.69) is 24.4 Å². The van der Waals surface area contributed by atoms with Crippen molar-refractivity contribution in [3.05, 3.63) is 114 Å². The SMILES string of the molecule is CCCCOc1ccc(NCc2ccc(OC(=O)c3ccc(C4C=CC=C4)cc3)cc2)cc1. The molecule has 33 heavy (non-hydrogen) atoms. The molecule has 1 aliphatic carbocycles. The van der Waals surface area contributed by atoms with Gasteiger partial charge < -0.3 is 14.8 Å². The van der Waals surface area contributed by atoms with Crippen molar-refractivity contribution in [3.63, 3.8) is 0 Å². The van der Waals surface area contributed by atoms with Crippen LogP contribution in [0.15, 0.2) is 97.1 Å². The van der Waals surface area contributed by atoms with E-state index in [-0.39, 0.29) is 11.9 Å². The molecule has 0 bridgehead atoms. The topological polar surface area (TPSA) is 47.6 Å². The van der Waals surface area contributed by atoms with Crippen molar-refractivity contribution in [2.75, 3.05) is 11.9 Å². The Hall–Kier alpha value is -3.79. The van der Waals surface area contributed by atoms with Gasteiger partial charge in [-0.15, -0.1) is 0 Å². The number of anilines is 1. The molecular weight excluding hydrogens is 410 g/mol. The van der Waals surface area contributed by atoms with Crippen molar-refractivity contribution >= 4 is 11.7 Å². The van der Waals surface area contributed by atoms with Gasteiger partial charge in [0.2, 0.25) is 0 Å². The number of ether oxygens (including phenoxy) is 2. The molecule has 4 nitrogen and oxygen atoms in total. The summed E-state index contributed by atoms with van der Waals surface area (Å²) >= 11 is 0. The minimum absolute atomic E-state index is 0.285. The van der Waals surface area contributed by atoms with Crippen molar-refractivity contribution in [1.29, 1.82) is 0 Å². The summed E-state index contributed by atoms with van der Waals surface area (Å²) in [6, 6.07) is 23.1. The minimum atomic E-state index is -0.355. The van der Waals surface area contributed by atoms with E-state index in [1.54, 1.807) is 0 Å². The van der Waals surface area contributed by atoms with Gasteiger partial charge >= 0.3 is 5.97 Å². The fourth-order valence-electron chi connectivity index (χ4n) is 3.54. The average molecular weight is 440 g/mol. The van der Waals surface area contributed by atoms with E-state index in [9.17, 15) is 4.79 Å². The van der Waals surface area contributed by atoms with Gasteiger partial charge in [-0.05, 0) is 66.1 Å². The second kappa shape index (κ2) is 11.2. The number of unbranched alkanes of at least 4 members (excludes halogenated alkanes) is 1. The standard InChI is InChI=1S/C29H29NO3/c1-2-3-20-32-27-18-14-26(15-19-27)30-21-22-8-16-28(17-9-22)33-29(31)25-12-10-24(11-13-25)23-6-4-5-7-23/h4-19,23,30H,2-3,20-21H2,1H3. The van der Waals surface area contributed by atoms with E-state index in [4.69, 9.17) is 9.47 Å². The van der Waals surface area contributed by atoms with E-state index < -0.39 is 0 Å². The van der Waals surface area contributed by atoms with Crippen LogP contribution in [0.3, 0.4) is 0 Å². The van der Waals surface area contributed by atoms with Crippen molar-refractivity contribution in [3.8, 4) is 11.5 Å².